The second-order valence-corrected chi connectivity index (χ2v) is 3.24. The van der Waals surface area contributed by atoms with Gasteiger partial charge in [0.05, 0.1) is 5.76 Å². The normalized spacial score (nSPS) is 27.2. The van der Waals surface area contributed by atoms with E-state index in [0.29, 0.717) is 11.0 Å². The first kappa shape index (κ1) is 6.75. The van der Waals surface area contributed by atoms with Crippen LogP contribution in [0, 0.1) is 0 Å². The fourth-order valence-corrected chi connectivity index (χ4v) is 1.70. The predicted octanol–water partition coefficient (Wildman–Crippen LogP) is 2.47. The van der Waals surface area contributed by atoms with E-state index < -0.39 is 0 Å². The van der Waals surface area contributed by atoms with Crippen molar-refractivity contribution in [3.05, 3.63) is 23.3 Å². The van der Waals surface area contributed by atoms with Crippen molar-refractivity contribution in [2.45, 2.75) is 18.6 Å². The molecule has 0 spiro atoms. The Balaban J connectivity index is 2.38. The van der Waals surface area contributed by atoms with E-state index in [4.69, 9.17) is 5.11 Å². The number of rotatable bonds is 1. The van der Waals surface area contributed by atoms with E-state index in [9.17, 15) is 0 Å². The third-order valence-corrected chi connectivity index (χ3v) is 2.17. The van der Waals surface area contributed by atoms with Gasteiger partial charge in [0.1, 0.15) is 0 Å². The predicted molar refractivity (Wildman–Crippen MR) is 41.5 cm³/mol. The lowest BCUT2D eigenvalue weighted by molar-refractivity contribution is 0.412. The van der Waals surface area contributed by atoms with E-state index in [-0.39, 0.29) is 0 Å². The SMILES string of the molecule is C/C(O)=C/C1CC=CS1. The maximum Gasteiger partial charge on any atom is 0.0863 e. The Kier molecular flexibility index (Phi) is 2.22. The fourth-order valence-electron chi connectivity index (χ4n) is 0.778. The van der Waals surface area contributed by atoms with Crippen LogP contribution in [0.15, 0.2) is 23.3 Å². The Morgan fingerprint density at radius 1 is 1.89 bits per heavy atom. The average molecular weight is 142 g/mol. The molecule has 50 valence electrons. The minimum atomic E-state index is 0.427. The number of allylic oxidation sites excluding steroid dienone is 2. The summed E-state index contributed by atoms with van der Waals surface area (Å²) in [5.41, 5.74) is 0. The van der Waals surface area contributed by atoms with E-state index >= 15 is 0 Å². The zero-order chi connectivity index (χ0) is 6.69. The van der Waals surface area contributed by atoms with Crippen molar-refractivity contribution in [2.75, 3.05) is 0 Å². The van der Waals surface area contributed by atoms with E-state index in [2.05, 4.69) is 11.5 Å². The average Bonchev–Trinajstić information content (AvgIpc) is 2.15. The summed E-state index contributed by atoms with van der Waals surface area (Å²) in [4.78, 5) is 0. The van der Waals surface area contributed by atoms with Crippen LogP contribution in [-0.2, 0) is 0 Å². The Morgan fingerprint density at radius 2 is 2.67 bits per heavy atom. The Bertz CT molecular complexity index is 137. The minimum absolute atomic E-state index is 0.427. The largest absolute Gasteiger partial charge is 0.513 e. The zero-order valence-electron chi connectivity index (χ0n) is 5.37. The zero-order valence-corrected chi connectivity index (χ0v) is 6.19. The summed E-state index contributed by atoms with van der Waals surface area (Å²) in [6.07, 6.45) is 5.06. The van der Waals surface area contributed by atoms with Crippen LogP contribution < -0.4 is 0 Å². The molecule has 0 aromatic carbocycles. The van der Waals surface area contributed by atoms with E-state index in [1.54, 1.807) is 18.7 Å². The standard InChI is InChI=1S/C7H10OS/c1-6(8)5-7-3-2-4-9-7/h2,4-5,7-8H,3H2,1H3/b6-5-. The van der Waals surface area contributed by atoms with Crippen LogP contribution in [0.3, 0.4) is 0 Å². The molecule has 1 aliphatic heterocycles. The molecule has 0 aromatic heterocycles. The maximum atomic E-state index is 8.83. The highest BCUT2D eigenvalue weighted by Gasteiger charge is 2.06. The summed E-state index contributed by atoms with van der Waals surface area (Å²) in [7, 11) is 0. The minimum Gasteiger partial charge on any atom is -0.513 e. The van der Waals surface area contributed by atoms with Crippen molar-refractivity contribution in [1.82, 2.24) is 0 Å². The van der Waals surface area contributed by atoms with Crippen LogP contribution in [0.5, 0.6) is 0 Å². The molecule has 1 aliphatic rings. The topological polar surface area (TPSA) is 20.2 Å². The molecule has 0 fully saturated rings. The third kappa shape index (κ3) is 2.14. The molecule has 1 heterocycles. The molecule has 0 amide bonds. The van der Waals surface area contributed by atoms with E-state index in [0.717, 1.165) is 6.42 Å². The molecule has 9 heavy (non-hydrogen) atoms. The molecule has 0 saturated heterocycles. The molecule has 1 N–H and O–H groups in total. The molecule has 1 atom stereocenters. The Morgan fingerprint density at radius 3 is 3.11 bits per heavy atom. The van der Waals surface area contributed by atoms with Gasteiger partial charge in [0.15, 0.2) is 0 Å². The summed E-state index contributed by atoms with van der Waals surface area (Å²) >= 11 is 1.75. The summed E-state index contributed by atoms with van der Waals surface area (Å²) in [5.74, 6) is 0.427. The van der Waals surface area contributed by atoms with Gasteiger partial charge < -0.3 is 5.11 Å². The van der Waals surface area contributed by atoms with Crippen LogP contribution in [0.4, 0.5) is 0 Å². The summed E-state index contributed by atoms with van der Waals surface area (Å²) in [6, 6.07) is 0. The van der Waals surface area contributed by atoms with Crippen molar-refractivity contribution >= 4 is 11.8 Å². The van der Waals surface area contributed by atoms with Crippen molar-refractivity contribution in [1.29, 1.82) is 0 Å². The summed E-state index contributed by atoms with van der Waals surface area (Å²) in [6.45, 7) is 1.71. The van der Waals surface area contributed by atoms with Gasteiger partial charge in [-0.2, -0.15) is 0 Å². The molecular formula is C7H10OS. The van der Waals surface area contributed by atoms with Crippen LogP contribution >= 0.6 is 11.8 Å². The first-order valence-corrected chi connectivity index (χ1v) is 3.91. The molecule has 2 heteroatoms. The number of aliphatic hydroxyl groups is 1. The van der Waals surface area contributed by atoms with Gasteiger partial charge in [0.25, 0.3) is 0 Å². The van der Waals surface area contributed by atoms with Gasteiger partial charge in [0.2, 0.25) is 0 Å². The maximum absolute atomic E-state index is 8.83. The number of hydrogen-bond donors (Lipinski definition) is 1. The highest BCUT2D eigenvalue weighted by Crippen LogP contribution is 2.25. The smallest absolute Gasteiger partial charge is 0.0863 e. The summed E-state index contributed by atoms with van der Waals surface area (Å²) < 4.78 is 0. The molecule has 0 saturated carbocycles. The molecule has 1 rings (SSSR count). The van der Waals surface area contributed by atoms with Crippen molar-refractivity contribution < 1.29 is 5.11 Å². The first-order chi connectivity index (χ1) is 4.29. The molecule has 0 radical (unpaired) electrons. The van der Waals surface area contributed by atoms with Gasteiger partial charge in [-0.25, -0.2) is 0 Å². The highest BCUT2D eigenvalue weighted by molar-refractivity contribution is 8.03. The lowest BCUT2D eigenvalue weighted by Gasteiger charge is -1.99. The quantitative estimate of drug-likeness (QED) is 0.567. The monoisotopic (exact) mass is 142 g/mol. The third-order valence-electron chi connectivity index (χ3n) is 1.15. The van der Waals surface area contributed by atoms with E-state index in [1.807, 2.05) is 6.08 Å². The molecule has 0 aliphatic carbocycles. The molecule has 1 nitrogen and oxygen atoms in total. The van der Waals surface area contributed by atoms with Gasteiger partial charge >= 0.3 is 0 Å². The van der Waals surface area contributed by atoms with Crippen LogP contribution in [0.1, 0.15) is 13.3 Å². The Hall–Kier alpha value is -0.370. The Labute approximate surface area is 59.5 Å². The number of hydrogen-bond acceptors (Lipinski definition) is 2. The van der Waals surface area contributed by atoms with Crippen LogP contribution in [-0.4, -0.2) is 10.4 Å². The first-order valence-electron chi connectivity index (χ1n) is 2.97. The highest BCUT2D eigenvalue weighted by atomic mass is 32.2. The number of aliphatic hydroxyl groups excluding tert-OH is 1. The molecule has 1 unspecified atom stereocenters. The fraction of sp³-hybridized carbons (Fsp3) is 0.429. The second kappa shape index (κ2) is 2.97. The van der Waals surface area contributed by atoms with Crippen molar-refractivity contribution in [3.63, 3.8) is 0 Å². The van der Waals surface area contributed by atoms with Crippen molar-refractivity contribution in [3.8, 4) is 0 Å². The van der Waals surface area contributed by atoms with Crippen LogP contribution in [0.25, 0.3) is 0 Å². The lowest BCUT2D eigenvalue weighted by atomic mass is 10.3. The molecule has 0 aromatic rings. The lowest BCUT2D eigenvalue weighted by Crippen LogP contribution is -1.91. The van der Waals surface area contributed by atoms with Gasteiger partial charge in [-0.05, 0) is 24.8 Å². The van der Waals surface area contributed by atoms with Gasteiger partial charge in [-0.1, -0.05) is 6.08 Å². The van der Waals surface area contributed by atoms with Crippen LogP contribution in [0.2, 0.25) is 0 Å². The van der Waals surface area contributed by atoms with Gasteiger partial charge in [-0.3, -0.25) is 0 Å². The molecule has 0 bridgehead atoms. The van der Waals surface area contributed by atoms with Crippen molar-refractivity contribution in [2.24, 2.45) is 0 Å². The molecular weight excluding hydrogens is 132 g/mol. The summed E-state index contributed by atoms with van der Waals surface area (Å²) in [5, 5.41) is 11.4. The van der Waals surface area contributed by atoms with Gasteiger partial charge in [0, 0.05) is 5.25 Å². The number of thioether (sulfide) groups is 1. The van der Waals surface area contributed by atoms with Gasteiger partial charge in [-0.15, -0.1) is 11.8 Å². The van der Waals surface area contributed by atoms with E-state index in [1.165, 1.54) is 0 Å². The second-order valence-electron chi connectivity index (χ2n) is 2.09.